The average Bonchev–Trinajstić information content (AvgIpc) is 3.13. The third-order valence-corrected chi connectivity index (χ3v) is 4.21. The molecule has 0 radical (unpaired) electrons. The first-order chi connectivity index (χ1) is 12.6. The van der Waals surface area contributed by atoms with Gasteiger partial charge in [0.15, 0.2) is 0 Å². The maximum atomic E-state index is 12.4. The molecule has 1 saturated heterocycles. The summed E-state index contributed by atoms with van der Waals surface area (Å²) in [6.45, 7) is 3.52. The van der Waals surface area contributed by atoms with Gasteiger partial charge in [-0.25, -0.2) is 4.79 Å². The van der Waals surface area contributed by atoms with Crippen LogP contribution in [0.4, 0.5) is 0 Å². The van der Waals surface area contributed by atoms with Crippen molar-refractivity contribution in [3.05, 3.63) is 47.8 Å². The van der Waals surface area contributed by atoms with E-state index in [2.05, 4.69) is 10.4 Å². The van der Waals surface area contributed by atoms with Gasteiger partial charge < -0.3 is 19.9 Å². The van der Waals surface area contributed by atoms with Crippen LogP contribution in [0.15, 0.2) is 36.5 Å². The molecule has 3 rings (SSSR count). The summed E-state index contributed by atoms with van der Waals surface area (Å²) in [5, 5.41) is 16.1. The number of ether oxygens (including phenoxy) is 2. The zero-order chi connectivity index (χ0) is 18.5. The summed E-state index contributed by atoms with van der Waals surface area (Å²) in [4.78, 5) is 23.3. The smallest absolute Gasteiger partial charge is 0.335 e. The molecule has 1 fully saturated rings. The summed E-state index contributed by atoms with van der Waals surface area (Å²) >= 11 is 0. The largest absolute Gasteiger partial charge is 0.486 e. The lowest BCUT2D eigenvalue weighted by molar-refractivity contribution is -0.0135. The summed E-state index contributed by atoms with van der Waals surface area (Å²) in [5.41, 5.74) is 0.552. The molecule has 0 saturated carbocycles. The average molecular weight is 359 g/mol. The second-order valence-electron chi connectivity index (χ2n) is 5.99. The Kier molecular flexibility index (Phi) is 5.52. The molecule has 0 aliphatic carbocycles. The number of carbonyl (C=O) groups is 2. The Labute approximate surface area is 150 Å². The molecule has 1 aliphatic heterocycles. The number of amides is 1. The summed E-state index contributed by atoms with van der Waals surface area (Å²) in [5.74, 6) is -0.715. The molecule has 0 bridgehead atoms. The molecule has 0 unspecified atom stereocenters. The maximum Gasteiger partial charge on any atom is 0.335 e. The number of carboxylic acids is 1. The SMILES string of the molecule is CCn1ccc(C(=O)N[C@@H]2CCOC[C@H]2Oc2ccc(C(=O)O)cc2)n1. The molecule has 2 atom stereocenters. The Bertz CT molecular complexity index is 771. The molecule has 26 heavy (non-hydrogen) atoms. The summed E-state index contributed by atoms with van der Waals surface area (Å²) in [6, 6.07) is 7.61. The Morgan fingerprint density at radius 2 is 2.12 bits per heavy atom. The standard InChI is InChI=1S/C18H21N3O5/c1-2-21-9-7-15(20-21)17(22)19-14-8-10-25-11-16(14)26-13-5-3-12(4-6-13)18(23)24/h3-7,9,14,16H,2,8,10-11H2,1H3,(H,19,22)(H,23,24)/t14-,16-/m1/s1. The van der Waals surface area contributed by atoms with Crippen LogP contribution in [0.25, 0.3) is 0 Å². The van der Waals surface area contributed by atoms with E-state index in [0.717, 1.165) is 0 Å². The van der Waals surface area contributed by atoms with E-state index in [1.165, 1.54) is 12.1 Å². The van der Waals surface area contributed by atoms with E-state index in [-0.39, 0.29) is 23.6 Å². The number of carboxylic acid groups (broad SMARTS) is 1. The van der Waals surface area contributed by atoms with E-state index in [1.807, 2.05) is 6.92 Å². The van der Waals surface area contributed by atoms with Crippen molar-refractivity contribution >= 4 is 11.9 Å². The zero-order valence-corrected chi connectivity index (χ0v) is 14.4. The highest BCUT2D eigenvalue weighted by molar-refractivity contribution is 5.92. The van der Waals surface area contributed by atoms with E-state index in [1.54, 1.807) is 29.1 Å². The minimum atomic E-state index is -0.991. The molecule has 1 amide bonds. The zero-order valence-electron chi connectivity index (χ0n) is 14.4. The van der Waals surface area contributed by atoms with Crippen molar-refractivity contribution in [2.45, 2.75) is 32.0 Å². The third kappa shape index (κ3) is 4.20. The molecule has 1 aliphatic rings. The van der Waals surface area contributed by atoms with Crippen molar-refractivity contribution in [1.29, 1.82) is 0 Å². The fraction of sp³-hybridized carbons (Fsp3) is 0.389. The van der Waals surface area contributed by atoms with Crippen LogP contribution in [-0.2, 0) is 11.3 Å². The number of nitrogens with one attached hydrogen (secondary N) is 1. The number of benzene rings is 1. The second kappa shape index (κ2) is 8.01. The van der Waals surface area contributed by atoms with Gasteiger partial charge in [0, 0.05) is 19.3 Å². The van der Waals surface area contributed by atoms with Gasteiger partial charge in [-0.05, 0) is 43.7 Å². The van der Waals surface area contributed by atoms with Gasteiger partial charge in [0.05, 0.1) is 18.2 Å². The minimum Gasteiger partial charge on any atom is -0.486 e. The highest BCUT2D eigenvalue weighted by atomic mass is 16.5. The van der Waals surface area contributed by atoms with Crippen LogP contribution in [0.2, 0.25) is 0 Å². The van der Waals surface area contributed by atoms with Crippen molar-refractivity contribution in [3.63, 3.8) is 0 Å². The molecule has 1 aromatic heterocycles. The molecule has 8 nitrogen and oxygen atoms in total. The summed E-state index contributed by atoms with van der Waals surface area (Å²) in [7, 11) is 0. The Morgan fingerprint density at radius 3 is 2.77 bits per heavy atom. The van der Waals surface area contributed by atoms with E-state index in [0.29, 0.717) is 37.6 Å². The van der Waals surface area contributed by atoms with Gasteiger partial charge in [-0.1, -0.05) is 0 Å². The molecule has 2 N–H and O–H groups in total. The first-order valence-corrected chi connectivity index (χ1v) is 8.49. The number of hydrogen-bond acceptors (Lipinski definition) is 5. The molecular formula is C18H21N3O5. The van der Waals surface area contributed by atoms with Crippen LogP contribution in [0.1, 0.15) is 34.2 Å². The van der Waals surface area contributed by atoms with Crippen LogP contribution in [0, 0.1) is 0 Å². The number of aryl methyl sites for hydroxylation is 1. The van der Waals surface area contributed by atoms with E-state index < -0.39 is 5.97 Å². The molecule has 8 heteroatoms. The highest BCUT2D eigenvalue weighted by Gasteiger charge is 2.29. The monoisotopic (exact) mass is 359 g/mol. The lowest BCUT2D eigenvalue weighted by Crippen LogP contribution is -2.51. The molecule has 0 spiro atoms. The quantitative estimate of drug-likeness (QED) is 0.812. The predicted octanol–water partition coefficient (Wildman–Crippen LogP) is 1.57. The van der Waals surface area contributed by atoms with Gasteiger partial charge in [-0.2, -0.15) is 5.10 Å². The number of nitrogens with zero attached hydrogens (tertiary/aromatic N) is 2. The lowest BCUT2D eigenvalue weighted by Gasteiger charge is -2.32. The van der Waals surface area contributed by atoms with Crippen LogP contribution in [-0.4, -0.2) is 52.1 Å². The van der Waals surface area contributed by atoms with Crippen molar-refractivity contribution in [3.8, 4) is 5.75 Å². The van der Waals surface area contributed by atoms with Gasteiger partial charge in [0.2, 0.25) is 0 Å². The number of aromatic carboxylic acids is 1. The Balaban J connectivity index is 1.65. The summed E-state index contributed by atoms with van der Waals surface area (Å²) < 4.78 is 13.1. The molecule has 1 aromatic carbocycles. The maximum absolute atomic E-state index is 12.4. The molecular weight excluding hydrogens is 338 g/mol. The second-order valence-corrected chi connectivity index (χ2v) is 5.99. The van der Waals surface area contributed by atoms with Crippen LogP contribution >= 0.6 is 0 Å². The third-order valence-electron chi connectivity index (χ3n) is 4.21. The minimum absolute atomic E-state index is 0.189. The van der Waals surface area contributed by atoms with Gasteiger partial charge in [-0.15, -0.1) is 0 Å². The summed E-state index contributed by atoms with van der Waals surface area (Å²) in [6.07, 6.45) is 2.02. The topological polar surface area (TPSA) is 103 Å². The molecule has 2 aromatic rings. The Morgan fingerprint density at radius 1 is 1.35 bits per heavy atom. The number of hydrogen-bond donors (Lipinski definition) is 2. The van der Waals surface area contributed by atoms with Crippen LogP contribution in [0.3, 0.4) is 0 Å². The number of aromatic nitrogens is 2. The van der Waals surface area contributed by atoms with Gasteiger partial charge in [0.25, 0.3) is 5.91 Å². The number of rotatable bonds is 6. The van der Waals surface area contributed by atoms with Crippen LogP contribution < -0.4 is 10.1 Å². The first kappa shape index (κ1) is 17.9. The van der Waals surface area contributed by atoms with Crippen molar-refractivity contribution in [2.24, 2.45) is 0 Å². The van der Waals surface area contributed by atoms with Crippen LogP contribution in [0.5, 0.6) is 5.75 Å². The normalized spacial score (nSPS) is 19.7. The predicted molar refractivity (Wildman–Crippen MR) is 92.4 cm³/mol. The van der Waals surface area contributed by atoms with Crippen molar-refractivity contribution < 1.29 is 24.2 Å². The van der Waals surface area contributed by atoms with E-state index in [9.17, 15) is 9.59 Å². The highest BCUT2D eigenvalue weighted by Crippen LogP contribution is 2.19. The van der Waals surface area contributed by atoms with Gasteiger partial charge >= 0.3 is 5.97 Å². The van der Waals surface area contributed by atoms with Crippen molar-refractivity contribution in [1.82, 2.24) is 15.1 Å². The number of carbonyl (C=O) groups excluding carboxylic acids is 1. The fourth-order valence-electron chi connectivity index (χ4n) is 2.75. The van der Waals surface area contributed by atoms with Gasteiger partial charge in [-0.3, -0.25) is 9.48 Å². The fourth-order valence-corrected chi connectivity index (χ4v) is 2.75. The Hall–Kier alpha value is -2.87. The lowest BCUT2D eigenvalue weighted by atomic mass is 10.1. The molecule has 138 valence electrons. The van der Waals surface area contributed by atoms with E-state index >= 15 is 0 Å². The molecule has 2 heterocycles. The van der Waals surface area contributed by atoms with Crippen molar-refractivity contribution in [2.75, 3.05) is 13.2 Å². The first-order valence-electron chi connectivity index (χ1n) is 8.49. The van der Waals surface area contributed by atoms with E-state index in [4.69, 9.17) is 14.6 Å². The van der Waals surface area contributed by atoms with Gasteiger partial charge in [0.1, 0.15) is 17.5 Å².